The number of carbonyl (C=O) groups excluding carboxylic acids is 1. The number of aromatic nitrogens is 2. The maximum atomic E-state index is 13.2. The Morgan fingerprint density at radius 2 is 2.08 bits per heavy atom. The van der Waals surface area contributed by atoms with E-state index in [4.69, 9.17) is 9.47 Å². The molecule has 144 valence electrons. The van der Waals surface area contributed by atoms with Crippen molar-refractivity contribution >= 4 is 39.9 Å². The van der Waals surface area contributed by atoms with Crippen LogP contribution in [0.4, 0.5) is 0 Å². The number of halogens is 1. The van der Waals surface area contributed by atoms with Gasteiger partial charge < -0.3 is 19.7 Å². The molecule has 3 rings (SSSR count). The van der Waals surface area contributed by atoms with Crippen LogP contribution in [0, 0.1) is 6.92 Å². The highest BCUT2D eigenvalue weighted by molar-refractivity contribution is 7.20. The van der Waals surface area contributed by atoms with Gasteiger partial charge in [-0.3, -0.25) is 4.79 Å². The van der Waals surface area contributed by atoms with E-state index in [1.54, 1.807) is 14.2 Å². The molecule has 7 nitrogen and oxygen atoms in total. The van der Waals surface area contributed by atoms with Crippen LogP contribution in [0.15, 0.2) is 0 Å². The predicted octanol–water partition coefficient (Wildman–Crippen LogP) is 2.40. The molecule has 0 saturated carbocycles. The monoisotopic (exact) mass is 400 g/mol. The summed E-state index contributed by atoms with van der Waals surface area (Å²) in [4.78, 5) is 25.5. The molecule has 0 radical (unpaired) electrons. The minimum absolute atomic E-state index is 0. The molecule has 2 aromatic rings. The lowest BCUT2D eigenvalue weighted by Crippen LogP contribution is -2.57. The van der Waals surface area contributed by atoms with E-state index in [0.717, 1.165) is 22.3 Å². The quantitative estimate of drug-likeness (QED) is 0.849. The summed E-state index contributed by atoms with van der Waals surface area (Å²) in [5, 5.41) is 4.21. The molecule has 26 heavy (non-hydrogen) atoms. The molecule has 0 bridgehead atoms. The second-order valence-corrected chi connectivity index (χ2v) is 7.30. The molecule has 3 heterocycles. The Morgan fingerprint density at radius 3 is 2.73 bits per heavy atom. The van der Waals surface area contributed by atoms with Gasteiger partial charge in [-0.1, -0.05) is 0 Å². The molecule has 0 aliphatic carbocycles. The Bertz CT molecular complexity index is 798. The molecular formula is C17H25ClN4O3S. The average Bonchev–Trinajstić information content (AvgIpc) is 2.93. The smallest absolute Gasteiger partial charge is 0.264 e. The number of ether oxygens (including phenoxy) is 2. The number of hydrogen-bond donors (Lipinski definition) is 1. The summed E-state index contributed by atoms with van der Waals surface area (Å²) in [6, 6.07) is 0.415. The lowest BCUT2D eigenvalue weighted by Gasteiger charge is -2.38. The summed E-state index contributed by atoms with van der Waals surface area (Å²) in [7, 11) is 3.18. The normalized spacial score (nSPS) is 20.1. The highest BCUT2D eigenvalue weighted by Gasteiger charge is 2.31. The Labute approximate surface area is 163 Å². The minimum Gasteiger partial charge on any atom is -0.480 e. The maximum absolute atomic E-state index is 13.2. The first-order chi connectivity index (χ1) is 12.0. The number of fused-ring (bicyclic) bond motifs is 1. The van der Waals surface area contributed by atoms with Crippen LogP contribution < -0.4 is 10.1 Å². The van der Waals surface area contributed by atoms with E-state index in [2.05, 4.69) is 29.1 Å². The Balaban J connectivity index is 0.00000243. The molecule has 1 aliphatic rings. The van der Waals surface area contributed by atoms with Gasteiger partial charge in [0.05, 0.1) is 17.4 Å². The molecule has 1 aliphatic heterocycles. The van der Waals surface area contributed by atoms with Gasteiger partial charge in [0.1, 0.15) is 11.4 Å². The molecular weight excluding hydrogens is 376 g/mol. The van der Waals surface area contributed by atoms with E-state index in [9.17, 15) is 4.79 Å². The second-order valence-electron chi connectivity index (χ2n) is 6.30. The predicted molar refractivity (Wildman–Crippen MR) is 105 cm³/mol. The third-order valence-corrected chi connectivity index (χ3v) is 5.93. The van der Waals surface area contributed by atoms with Crippen LogP contribution in [0.25, 0.3) is 10.2 Å². The minimum atomic E-state index is 0. The van der Waals surface area contributed by atoms with Gasteiger partial charge in [-0.15, -0.1) is 23.7 Å². The number of nitrogens with one attached hydrogen (secondary N) is 1. The van der Waals surface area contributed by atoms with E-state index in [1.807, 2.05) is 11.8 Å². The lowest BCUT2D eigenvalue weighted by atomic mass is 10.1. The standard InChI is InChI=1S/C17H24N4O3S.ClH/c1-9-13-15(24-5)19-12(8-23-4)20-16(13)25-14(9)17(22)21-7-6-18-10(2)11(21)3;/h10-11,18H,6-8H2,1-5H3;1H. The molecule has 1 fully saturated rings. The number of thiophene rings is 1. The van der Waals surface area contributed by atoms with E-state index >= 15 is 0 Å². The highest BCUT2D eigenvalue weighted by atomic mass is 35.5. The van der Waals surface area contributed by atoms with E-state index in [1.165, 1.54) is 11.3 Å². The van der Waals surface area contributed by atoms with Crippen LogP contribution in [-0.4, -0.2) is 60.2 Å². The van der Waals surface area contributed by atoms with Gasteiger partial charge in [-0.2, -0.15) is 4.98 Å². The summed E-state index contributed by atoms with van der Waals surface area (Å²) in [6.07, 6.45) is 0. The number of piperazine rings is 1. The summed E-state index contributed by atoms with van der Waals surface area (Å²) in [5.41, 5.74) is 0.879. The SMILES string of the molecule is COCc1nc(OC)c2c(C)c(C(=O)N3CCNC(C)C3C)sc2n1.Cl. The van der Waals surface area contributed by atoms with Gasteiger partial charge >= 0.3 is 0 Å². The van der Waals surface area contributed by atoms with Crippen molar-refractivity contribution < 1.29 is 14.3 Å². The van der Waals surface area contributed by atoms with Gasteiger partial charge in [-0.05, 0) is 26.3 Å². The molecule has 2 unspecified atom stereocenters. The number of hydrogen-bond acceptors (Lipinski definition) is 7. The summed E-state index contributed by atoms with van der Waals surface area (Å²) in [5.74, 6) is 1.10. The van der Waals surface area contributed by atoms with Crippen LogP contribution >= 0.6 is 23.7 Å². The highest BCUT2D eigenvalue weighted by Crippen LogP contribution is 2.36. The van der Waals surface area contributed by atoms with Crippen LogP contribution in [0.2, 0.25) is 0 Å². The molecule has 1 saturated heterocycles. The van der Waals surface area contributed by atoms with Crippen molar-refractivity contribution in [2.45, 2.75) is 39.5 Å². The van der Waals surface area contributed by atoms with Gasteiger partial charge in [-0.25, -0.2) is 4.98 Å². The zero-order chi connectivity index (χ0) is 18.1. The summed E-state index contributed by atoms with van der Waals surface area (Å²) >= 11 is 1.40. The molecule has 1 amide bonds. The number of methoxy groups -OCH3 is 2. The van der Waals surface area contributed by atoms with Crippen molar-refractivity contribution in [1.29, 1.82) is 0 Å². The number of nitrogens with zero attached hydrogens (tertiary/aromatic N) is 3. The lowest BCUT2D eigenvalue weighted by molar-refractivity contribution is 0.0607. The molecule has 2 aromatic heterocycles. The fourth-order valence-electron chi connectivity index (χ4n) is 3.16. The summed E-state index contributed by atoms with van der Waals surface area (Å²) in [6.45, 7) is 7.93. The number of carbonyl (C=O) groups is 1. The topological polar surface area (TPSA) is 76.6 Å². The number of aryl methyl sites for hydroxylation is 1. The Hall–Kier alpha value is -1.48. The molecule has 0 spiro atoms. The Kier molecular flexibility index (Phi) is 6.79. The first-order valence-electron chi connectivity index (χ1n) is 8.35. The zero-order valence-electron chi connectivity index (χ0n) is 15.7. The number of rotatable bonds is 4. The maximum Gasteiger partial charge on any atom is 0.264 e. The molecule has 2 atom stereocenters. The zero-order valence-corrected chi connectivity index (χ0v) is 17.3. The van der Waals surface area contributed by atoms with Gasteiger partial charge in [0.2, 0.25) is 5.88 Å². The van der Waals surface area contributed by atoms with Gasteiger partial charge in [0.25, 0.3) is 5.91 Å². The molecule has 0 aromatic carbocycles. The fraction of sp³-hybridized carbons (Fsp3) is 0.588. The van der Waals surface area contributed by atoms with Crippen molar-refractivity contribution in [3.05, 3.63) is 16.3 Å². The van der Waals surface area contributed by atoms with Crippen molar-refractivity contribution in [2.24, 2.45) is 0 Å². The van der Waals surface area contributed by atoms with E-state index in [0.29, 0.717) is 29.7 Å². The van der Waals surface area contributed by atoms with Crippen LogP contribution in [0.1, 0.15) is 34.9 Å². The third-order valence-electron chi connectivity index (χ3n) is 4.76. The number of amides is 1. The third kappa shape index (κ3) is 3.64. The van der Waals surface area contributed by atoms with E-state index < -0.39 is 0 Å². The first kappa shape index (κ1) is 20.8. The largest absolute Gasteiger partial charge is 0.480 e. The Morgan fingerprint density at radius 1 is 1.35 bits per heavy atom. The van der Waals surface area contributed by atoms with Crippen molar-refractivity contribution in [1.82, 2.24) is 20.2 Å². The van der Waals surface area contributed by atoms with E-state index in [-0.39, 0.29) is 30.4 Å². The van der Waals surface area contributed by atoms with Gasteiger partial charge in [0, 0.05) is 32.3 Å². The van der Waals surface area contributed by atoms with Crippen molar-refractivity contribution in [2.75, 3.05) is 27.3 Å². The van der Waals surface area contributed by atoms with Crippen LogP contribution in [-0.2, 0) is 11.3 Å². The molecule has 1 N–H and O–H groups in total. The van der Waals surface area contributed by atoms with Crippen LogP contribution in [0.3, 0.4) is 0 Å². The first-order valence-corrected chi connectivity index (χ1v) is 9.16. The van der Waals surface area contributed by atoms with Crippen molar-refractivity contribution in [3.8, 4) is 5.88 Å². The fourth-order valence-corrected chi connectivity index (χ4v) is 4.31. The summed E-state index contributed by atoms with van der Waals surface area (Å²) < 4.78 is 10.6. The average molecular weight is 401 g/mol. The molecule has 9 heteroatoms. The van der Waals surface area contributed by atoms with Gasteiger partial charge in [0.15, 0.2) is 5.82 Å². The second kappa shape index (κ2) is 8.47. The van der Waals surface area contributed by atoms with Crippen molar-refractivity contribution in [3.63, 3.8) is 0 Å². The van der Waals surface area contributed by atoms with Crippen LogP contribution in [0.5, 0.6) is 5.88 Å².